The van der Waals surface area contributed by atoms with Crippen LogP contribution in [-0.2, 0) is 0 Å². The van der Waals surface area contributed by atoms with Crippen molar-refractivity contribution in [1.29, 1.82) is 0 Å². The highest BCUT2D eigenvalue weighted by molar-refractivity contribution is 7.99. The molecule has 0 saturated heterocycles. The van der Waals surface area contributed by atoms with Crippen LogP contribution < -0.4 is 5.73 Å². The maximum absolute atomic E-state index is 6.41. The summed E-state index contributed by atoms with van der Waals surface area (Å²) in [6, 6.07) is 0.454. The van der Waals surface area contributed by atoms with E-state index in [9.17, 15) is 0 Å². The summed E-state index contributed by atoms with van der Waals surface area (Å²) in [5.41, 5.74) is 6.41. The second-order valence-corrected chi connectivity index (χ2v) is 7.76. The Kier molecular flexibility index (Phi) is 5.23. The summed E-state index contributed by atoms with van der Waals surface area (Å²) in [6.07, 6.45) is 9.92. The third kappa shape index (κ3) is 3.89. The molecule has 2 saturated carbocycles. The van der Waals surface area contributed by atoms with E-state index in [-0.39, 0.29) is 0 Å². The molecule has 1 nitrogen and oxygen atoms in total. The Labute approximate surface area is 111 Å². The molecule has 2 heteroatoms. The number of hydrogen-bond donors (Lipinski definition) is 1. The predicted molar refractivity (Wildman–Crippen MR) is 78.4 cm³/mol. The molecule has 0 aromatic rings. The van der Waals surface area contributed by atoms with Crippen LogP contribution in [0.3, 0.4) is 0 Å². The minimum atomic E-state index is 0.454. The summed E-state index contributed by atoms with van der Waals surface area (Å²) in [7, 11) is 0. The first-order chi connectivity index (χ1) is 8.16. The molecule has 2 N–H and O–H groups in total. The van der Waals surface area contributed by atoms with Gasteiger partial charge < -0.3 is 5.73 Å². The van der Waals surface area contributed by atoms with Crippen molar-refractivity contribution in [3.8, 4) is 0 Å². The molecule has 2 aliphatic carbocycles. The van der Waals surface area contributed by atoms with Crippen molar-refractivity contribution in [3.05, 3.63) is 0 Å². The Morgan fingerprint density at radius 1 is 1.06 bits per heavy atom. The van der Waals surface area contributed by atoms with E-state index >= 15 is 0 Å². The van der Waals surface area contributed by atoms with Crippen LogP contribution in [0.25, 0.3) is 0 Å². The first-order valence-electron chi connectivity index (χ1n) is 7.54. The molecule has 4 atom stereocenters. The molecule has 0 aromatic carbocycles. The molecular formula is C15H29NS. The predicted octanol–water partition coefficient (Wildman–Crippen LogP) is 4.06. The Balaban J connectivity index is 1.70. The smallest absolute Gasteiger partial charge is 0.0159 e. The monoisotopic (exact) mass is 255 g/mol. The topological polar surface area (TPSA) is 26.0 Å². The fourth-order valence-electron chi connectivity index (χ4n) is 3.42. The lowest BCUT2D eigenvalue weighted by Crippen LogP contribution is -2.37. The highest BCUT2D eigenvalue weighted by atomic mass is 32.2. The Bertz CT molecular complexity index is 225. The first-order valence-corrected chi connectivity index (χ1v) is 8.59. The molecule has 2 fully saturated rings. The van der Waals surface area contributed by atoms with Crippen molar-refractivity contribution in [3.63, 3.8) is 0 Å². The molecule has 0 amide bonds. The highest BCUT2D eigenvalue weighted by Crippen LogP contribution is 2.36. The number of rotatable bonds is 4. The van der Waals surface area contributed by atoms with Gasteiger partial charge in [-0.25, -0.2) is 0 Å². The van der Waals surface area contributed by atoms with Gasteiger partial charge in [0, 0.05) is 17.0 Å². The molecular weight excluding hydrogens is 226 g/mol. The SMILES string of the molecule is CC1CCC(C(N)CSC2CCCC2)CC1C. The highest BCUT2D eigenvalue weighted by Gasteiger charge is 2.29. The second-order valence-electron chi connectivity index (χ2n) is 6.43. The van der Waals surface area contributed by atoms with Crippen LogP contribution in [0.1, 0.15) is 58.8 Å². The van der Waals surface area contributed by atoms with Gasteiger partial charge in [0.1, 0.15) is 0 Å². The minimum absolute atomic E-state index is 0.454. The Hall–Kier alpha value is 0.310. The number of nitrogens with two attached hydrogens (primary N) is 1. The van der Waals surface area contributed by atoms with E-state index in [4.69, 9.17) is 5.73 Å². The van der Waals surface area contributed by atoms with Crippen LogP contribution in [0.4, 0.5) is 0 Å². The largest absolute Gasteiger partial charge is 0.327 e. The van der Waals surface area contributed by atoms with E-state index < -0.39 is 0 Å². The van der Waals surface area contributed by atoms with Gasteiger partial charge in [0.25, 0.3) is 0 Å². The van der Waals surface area contributed by atoms with E-state index in [2.05, 4.69) is 25.6 Å². The summed E-state index contributed by atoms with van der Waals surface area (Å²) in [5.74, 6) is 3.81. The van der Waals surface area contributed by atoms with Crippen molar-refractivity contribution in [2.45, 2.75) is 70.1 Å². The van der Waals surface area contributed by atoms with Gasteiger partial charge in [0.2, 0.25) is 0 Å². The summed E-state index contributed by atoms with van der Waals surface area (Å²) in [6.45, 7) is 4.81. The average molecular weight is 255 g/mol. The van der Waals surface area contributed by atoms with Crippen LogP contribution in [0.5, 0.6) is 0 Å². The third-order valence-corrected chi connectivity index (χ3v) is 6.59. The molecule has 2 rings (SSSR count). The summed E-state index contributed by atoms with van der Waals surface area (Å²) in [4.78, 5) is 0. The molecule has 0 aromatic heterocycles. The molecule has 0 radical (unpaired) electrons. The third-order valence-electron chi connectivity index (χ3n) is 5.07. The molecule has 0 aliphatic heterocycles. The molecule has 17 heavy (non-hydrogen) atoms. The maximum Gasteiger partial charge on any atom is 0.0159 e. The molecule has 0 heterocycles. The minimum Gasteiger partial charge on any atom is -0.327 e. The van der Waals surface area contributed by atoms with E-state index in [1.807, 2.05) is 0 Å². The van der Waals surface area contributed by atoms with E-state index in [1.54, 1.807) is 0 Å². The molecule has 4 unspecified atom stereocenters. The van der Waals surface area contributed by atoms with Gasteiger partial charge in [0.05, 0.1) is 0 Å². The quantitative estimate of drug-likeness (QED) is 0.820. The number of thioether (sulfide) groups is 1. The van der Waals surface area contributed by atoms with Gasteiger partial charge in [0.15, 0.2) is 0 Å². The Morgan fingerprint density at radius 3 is 2.41 bits per heavy atom. The van der Waals surface area contributed by atoms with E-state index in [1.165, 1.54) is 50.7 Å². The molecule has 100 valence electrons. The zero-order valence-electron chi connectivity index (χ0n) is 11.5. The lowest BCUT2D eigenvalue weighted by Gasteiger charge is -2.35. The van der Waals surface area contributed by atoms with E-state index in [0.717, 1.165) is 23.0 Å². The summed E-state index contributed by atoms with van der Waals surface area (Å²) >= 11 is 2.16. The zero-order chi connectivity index (χ0) is 12.3. The average Bonchev–Trinajstić information content (AvgIpc) is 2.82. The van der Waals surface area contributed by atoms with Crippen LogP contribution in [0.2, 0.25) is 0 Å². The van der Waals surface area contributed by atoms with Crippen LogP contribution >= 0.6 is 11.8 Å². The van der Waals surface area contributed by atoms with Crippen LogP contribution in [-0.4, -0.2) is 17.0 Å². The van der Waals surface area contributed by atoms with Crippen molar-refractivity contribution in [2.24, 2.45) is 23.5 Å². The lowest BCUT2D eigenvalue weighted by atomic mass is 9.74. The van der Waals surface area contributed by atoms with Crippen LogP contribution in [0.15, 0.2) is 0 Å². The molecule has 0 spiro atoms. The Morgan fingerprint density at radius 2 is 1.76 bits per heavy atom. The normalized spacial score (nSPS) is 37.2. The summed E-state index contributed by atoms with van der Waals surface area (Å²) < 4.78 is 0. The molecule has 0 bridgehead atoms. The van der Waals surface area contributed by atoms with Gasteiger partial charge in [-0.15, -0.1) is 0 Å². The van der Waals surface area contributed by atoms with E-state index in [0.29, 0.717) is 6.04 Å². The fourth-order valence-corrected chi connectivity index (χ4v) is 4.85. The van der Waals surface area contributed by atoms with Gasteiger partial charge in [-0.1, -0.05) is 33.1 Å². The molecule has 2 aliphatic rings. The van der Waals surface area contributed by atoms with Crippen molar-refractivity contribution in [1.82, 2.24) is 0 Å². The zero-order valence-corrected chi connectivity index (χ0v) is 12.3. The number of hydrogen-bond acceptors (Lipinski definition) is 2. The van der Waals surface area contributed by atoms with Gasteiger partial charge in [-0.05, 0) is 43.4 Å². The first kappa shape index (κ1) is 13.7. The van der Waals surface area contributed by atoms with Crippen molar-refractivity contribution >= 4 is 11.8 Å². The fraction of sp³-hybridized carbons (Fsp3) is 1.00. The van der Waals surface area contributed by atoms with Gasteiger partial charge in [-0.3, -0.25) is 0 Å². The second kappa shape index (κ2) is 6.47. The standard InChI is InChI=1S/C15H29NS/c1-11-7-8-13(9-12(11)2)15(16)10-17-14-5-3-4-6-14/h11-15H,3-10,16H2,1-2H3. The van der Waals surface area contributed by atoms with Crippen molar-refractivity contribution < 1.29 is 0 Å². The van der Waals surface area contributed by atoms with Gasteiger partial charge in [-0.2, -0.15) is 11.8 Å². The van der Waals surface area contributed by atoms with Crippen molar-refractivity contribution in [2.75, 3.05) is 5.75 Å². The maximum atomic E-state index is 6.41. The summed E-state index contributed by atoms with van der Waals surface area (Å²) in [5, 5.41) is 0.931. The van der Waals surface area contributed by atoms with Gasteiger partial charge >= 0.3 is 0 Å². The van der Waals surface area contributed by atoms with Crippen LogP contribution in [0, 0.1) is 17.8 Å². The lowest BCUT2D eigenvalue weighted by molar-refractivity contribution is 0.192.